The fourth-order valence-corrected chi connectivity index (χ4v) is 1.24. The van der Waals surface area contributed by atoms with Crippen LogP contribution in [0.1, 0.15) is 20.3 Å². The second kappa shape index (κ2) is 9.41. The van der Waals surface area contributed by atoms with Gasteiger partial charge in [0.2, 0.25) is 11.8 Å². The minimum atomic E-state index is -0.786. The summed E-state index contributed by atoms with van der Waals surface area (Å²) in [4.78, 5) is 33.5. The standard InChI is InChI=1S/C11H21N3O4/c1-4-5-13-10(16)7-12-6-9(11(17)18-3)14-8(2)15/h9,12H,4-7H2,1-3H3,(H,13,16)(H,14,15). The van der Waals surface area contributed by atoms with Crippen LogP contribution in [-0.4, -0.2) is 50.6 Å². The summed E-state index contributed by atoms with van der Waals surface area (Å²) in [5.41, 5.74) is 0. The van der Waals surface area contributed by atoms with Crippen LogP contribution in [-0.2, 0) is 19.1 Å². The summed E-state index contributed by atoms with van der Waals surface area (Å²) in [6.45, 7) is 4.12. The third kappa shape index (κ3) is 7.61. The molecule has 0 aromatic rings. The van der Waals surface area contributed by atoms with Crippen molar-refractivity contribution < 1.29 is 19.1 Å². The quantitative estimate of drug-likeness (QED) is 0.475. The van der Waals surface area contributed by atoms with Crippen molar-refractivity contribution in [3.05, 3.63) is 0 Å². The van der Waals surface area contributed by atoms with E-state index >= 15 is 0 Å². The number of hydrogen-bond donors (Lipinski definition) is 3. The number of hydrogen-bond acceptors (Lipinski definition) is 5. The second-order valence-corrected chi connectivity index (χ2v) is 3.76. The molecule has 0 heterocycles. The molecule has 0 fully saturated rings. The Kier molecular flexibility index (Phi) is 8.55. The number of esters is 1. The number of carbonyl (C=O) groups is 3. The normalized spacial score (nSPS) is 11.5. The molecule has 0 saturated carbocycles. The summed E-state index contributed by atoms with van der Waals surface area (Å²) in [5, 5.41) is 7.91. The van der Waals surface area contributed by atoms with Gasteiger partial charge in [-0.05, 0) is 6.42 Å². The van der Waals surface area contributed by atoms with Gasteiger partial charge in [-0.3, -0.25) is 9.59 Å². The van der Waals surface area contributed by atoms with Gasteiger partial charge < -0.3 is 20.7 Å². The van der Waals surface area contributed by atoms with E-state index in [0.29, 0.717) is 6.54 Å². The van der Waals surface area contributed by atoms with E-state index in [4.69, 9.17) is 0 Å². The molecule has 0 spiro atoms. The summed E-state index contributed by atoms with van der Waals surface area (Å²) >= 11 is 0. The van der Waals surface area contributed by atoms with E-state index in [1.807, 2.05) is 6.92 Å². The Labute approximate surface area is 107 Å². The van der Waals surface area contributed by atoms with Crippen LogP contribution >= 0.6 is 0 Å². The first-order chi connectivity index (χ1) is 8.51. The first-order valence-electron chi connectivity index (χ1n) is 5.83. The molecule has 0 aliphatic heterocycles. The third-order valence-electron chi connectivity index (χ3n) is 2.07. The molecular formula is C11H21N3O4. The number of nitrogens with one attached hydrogen (secondary N) is 3. The molecule has 1 atom stereocenters. The van der Waals surface area contributed by atoms with E-state index in [0.717, 1.165) is 6.42 Å². The zero-order valence-electron chi connectivity index (χ0n) is 11.0. The Bertz CT molecular complexity index is 294. The van der Waals surface area contributed by atoms with E-state index in [-0.39, 0.29) is 24.9 Å². The lowest BCUT2D eigenvalue weighted by atomic mass is 10.3. The van der Waals surface area contributed by atoms with Crippen molar-refractivity contribution in [2.45, 2.75) is 26.3 Å². The molecular weight excluding hydrogens is 238 g/mol. The molecule has 7 nitrogen and oxygen atoms in total. The molecule has 0 bridgehead atoms. The van der Waals surface area contributed by atoms with Crippen LogP contribution in [0.4, 0.5) is 0 Å². The van der Waals surface area contributed by atoms with Crippen LogP contribution < -0.4 is 16.0 Å². The number of carbonyl (C=O) groups excluding carboxylic acids is 3. The summed E-state index contributed by atoms with van der Waals surface area (Å²) in [7, 11) is 1.24. The average Bonchev–Trinajstić information content (AvgIpc) is 2.33. The SMILES string of the molecule is CCCNC(=O)CNCC(NC(C)=O)C(=O)OC. The summed E-state index contributed by atoms with van der Waals surface area (Å²) in [6, 6.07) is -0.786. The highest BCUT2D eigenvalue weighted by molar-refractivity contribution is 5.83. The molecule has 2 amide bonds. The van der Waals surface area contributed by atoms with E-state index in [9.17, 15) is 14.4 Å². The second-order valence-electron chi connectivity index (χ2n) is 3.76. The monoisotopic (exact) mass is 259 g/mol. The zero-order valence-corrected chi connectivity index (χ0v) is 11.0. The minimum Gasteiger partial charge on any atom is -0.467 e. The predicted octanol–water partition coefficient (Wildman–Crippen LogP) is -1.22. The van der Waals surface area contributed by atoms with E-state index in [1.54, 1.807) is 0 Å². The molecule has 0 rings (SSSR count). The van der Waals surface area contributed by atoms with Crippen LogP contribution in [0.15, 0.2) is 0 Å². The fourth-order valence-electron chi connectivity index (χ4n) is 1.24. The molecule has 18 heavy (non-hydrogen) atoms. The maximum Gasteiger partial charge on any atom is 0.329 e. The highest BCUT2D eigenvalue weighted by Crippen LogP contribution is 1.87. The van der Waals surface area contributed by atoms with Crippen molar-refractivity contribution in [2.24, 2.45) is 0 Å². The van der Waals surface area contributed by atoms with Crippen LogP contribution in [0.3, 0.4) is 0 Å². The Hall–Kier alpha value is -1.63. The van der Waals surface area contributed by atoms with Gasteiger partial charge in [-0.2, -0.15) is 0 Å². The maximum atomic E-state index is 11.3. The lowest BCUT2D eigenvalue weighted by Crippen LogP contribution is -2.48. The van der Waals surface area contributed by atoms with Gasteiger partial charge >= 0.3 is 5.97 Å². The first kappa shape index (κ1) is 16.4. The van der Waals surface area contributed by atoms with E-state index < -0.39 is 12.0 Å². The van der Waals surface area contributed by atoms with Gasteiger partial charge in [0.25, 0.3) is 0 Å². The van der Waals surface area contributed by atoms with Crippen LogP contribution in [0, 0.1) is 0 Å². The van der Waals surface area contributed by atoms with Gasteiger partial charge in [0, 0.05) is 20.0 Å². The van der Waals surface area contributed by atoms with Gasteiger partial charge in [-0.1, -0.05) is 6.92 Å². The number of ether oxygens (including phenoxy) is 1. The lowest BCUT2D eigenvalue weighted by Gasteiger charge is -2.15. The predicted molar refractivity (Wildman–Crippen MR) is 65.8 cm³/mol. The molecule has 1 unspecified atom stereocenters. The molecule has 0 aromatic heterocycles. The van der Waals surface area contributed by atoms with Gasteiger partial charge in [0.1, 0.15) is 6.04 Å². The minimum absolute atomic E-state index is 0.0904. The van der Waals surface area contributed by atoms with E-state index in [2.05, 4.69) is 20.7 Å². The summed E-state index contributed by atoms with van der Waals surface area (Å²) in [6.07, 6.45) is 0.864. The topological polar surface area (TPSA) is 96.5 Å². The number of amides is 2. The molecule has 0 saturated heterocycles. The van der Waals surface area contributed by atoms with Gasteiger partial charge in [0.15, 0.2) is 0 Å². The van der Waals surface area contributed by atoms with Crippen LogP contribution in [0.5, 0.6) is 0 Å². The van der Waals surface area contributed by atoms with Crippen molar-refractivity contribution in [1.82, 2.24) is 16.0 Å². The summed E-state index contributed by atoms with van der Waals surface area (Å²) < 4.78 is 4.54. The Morgan fingerprint density at radius 1 is 1.28 bits per heavy atom. The molecule has 0 radical (unpaired) electrons. The highest BCUT2D eigenvalue weighted by Gasteiger charge is 2.19. The zero-order chi connectivity index (χ0) is 14.0. The summed E-state index contributed by atoms with van der Waals surface area (Å²) in [5.74, 6) is -1.03. The van der Waals surface area contributed by atoms with Gasteiger partial charge in [-0.15, -0.1) is 0 Å². The molecule has 0 aliphatic carbocycles. The van der Waals surface area contributed by atoms with Crippen LogP contribution in [0.2, 0.25) is 0 Å². The average molecular weight is 259 g/mol. The highest BCUT2D eigenvalue weighted by atomic mass is 16.5. The van der Waals surface area contributed by atoms with Crippen molar-refractivity contribution in [3.8, 4) is 0 Å². The molecule has 0 aromatic carbocycles. The van der Waals surface area contributed by atoms with E-state index in [1.165, 1.54) is 14.0 Å². The molecule has 104 valence electrons. The van der Waals surface area contributed by atoms with Gasteiger partial charge in [0.05, 0.1) is 13.7 Å². The Morgan fingerprint density at radius 3 is 2.44 bits per heavy atom. The molecule has 7 heteroatoms. The lowest BCUT2D eigenvalue weighted by molar-refractivity contribution is -0.144. The van der Waals surface area contributed by atoms with Crippen molar-refractivity contribution in [3.63, 3.8) is 0 Å². The Balaban J connectivity index is 3.99. The first-order valence-corrected chi connectivity index (χ1v) is 5.83. The largest absolute Gasteiger partial charge is 0.467 e. The molecule has 3 N–H and O–H groups in total. The maximum absolute atomic E-state index is 11.3. The Morgan fingerprint density at radius 2 is 1.94 bits per heavy atom. The smallest absolute Gasteiger partial charge is 0.329 e. The van der Waals surface area contributed by atoms with Crippen molar-refractivity contribution in [1.29, 1.82) is 0 Å². The number of rotatable bonds is 8. The fraction of sp³-hybridized carbons (Fsp3) is 0.727. The molecule has 0 aliphatic rings. The van der Waals surface area contributed by atoms with Gasteiger partial charge in [-0.25, -0.2) is 4.79 Å². The van der Waals surface area contributed by atoms with Crippen molar-refractivity contribution in [2.75, 3.05) is 26.7 Å². The van der Waals surface area contributed by atoms with Crippen molar-refractivity contribution >= 4 is 17.8 Å². The van der Waals surface area contributed by atoms with Crippen LogP contribution in [0.25, 0.3) is 0 Å². The third-order valence-corrected chi connectivity index (χ3v) is 2.07. The number of methoxy groups -OCH3 is 1.